The lowest BCUT2D eigenvalue weighted by molar-refractivity contribution is -0.140. The molecule has 1 atom stereocenters. The van der Waals surface area contributed by atoms with E-state index in [9.17, 15) is 14.0 Å². The maximum absolute atomic E-state index is 14.0. The summed E-state index contributed by atoms with van der Waals surface area (Å²) < 4.78 is 14.0. The lowest BCUT2D eigenvalue weighted by Crippen LogP contribution is -2.49. The van der Waals surface area contributed by atoms with E-state index in [4.69, 9.17) is 0 Å². The van der Waals surface area contributed by atoms with Crippen LogP contribution >= 0.6 is 0 Å². The first kappa shape index (κ1) is 20.6. The van der Waals surface area contributed by atoms with Crippen molar-refractivity contribution >= 4 is 11.8 Å². The van der Waals surface area contributed by atoms with Crippen LogP contribution in [0.4, 0.5) is 4.39 Å². The highest BCUT2D eigenvalue weighted by molar-refractivity contribution is 5.88. The standard InChI is InChI=1S/C22H27FN2O2/c1-15(2)24-22(27)17(4)25(14-19-11-6-5-9-16(19)3)21(26)13-18-10-7-8-12-20(18)23/h5-12,15,17H,13-14H2,1-4H3,(H,24,27)/t17-/m0/s1. The van der Waals surface area contributed by atoms with Gasteiger partial charge in [-0.15, -0.1) is 0 Å². The van der Waals surface area contributed by atoms with Crippen molar-refractivity contribution in [1.82, 2.24) is 10.2 Å². The number of amides is 2. The summed E-state index contributed by atoms with van der Waals surface area (Å²) in [7, 11) is 0. The molecule has 0 spiro atoms. The van der Waals surface area contributed by atoms with Gasteiger partial charge in [0.15, 0.2) is 0 Å². The van der Waals surface area contributed by atoms with Gasteiger partial charge in [-0.2, -0.15) is 0 Å². The average molecular weight is 370 g/mol. The summed E-state index contributed by atoms with van der Waals surface area (Å²) in [4.78, 5) is 27.0. The van der Waals surface area contributed by atoms with Gasteiger partial charge in [-0.3, -0.25) is 9.59 Å². The molecule has 0 aromatic heterocycles. The van der Waals surface area contributed by atoms with Gasteiger partial charge in [-0.05, 0) is 50.5 Å². The van der Waals surface area contributed by atoms with E-state index in [-0.39, 0.29) is 24.3 Å². The van der Waals surface area contributed by atoms with Crippen molar-refractivity contribution in [3.05, 3.63) is 71.0 Å². The molecule has 27 heavy (non-hydrogen) atoms. The molecule has 2 aromatic carbocycles. The summed E-state index contributed by atoms with van der Waals surface area (Å²) in [6.45, 7) is 7.71. The van der Waals surface area contributed by atoms with E-state index in [1.165, 1.54) is 11.0 Å². The molecule has 0 saturated carbocycles. The Morgan fingerprint density at radius 2 is 1.59 bits per heavy atom. The van der Waals surface area contributed by atoms with E-state index < -0.39 is 11.9 Å². The molecule has 0 aliphatic carbocycles. The maximum atomic E-state index is 14.0. The maximum Gasteiger partial charge on any atom is 0.242 e. The van der Waals surface area contributed by atoms with Crippen molar-refractivity contribution in [2.75, 3.05) is 0 Å². The predicted molar refractivity (Wildman–Crippen MR) is 105 cm³/mol. The molecule has 2 amide bonds. The van der Waals surface area contributed by atoms with Crippen molar-refractivity contribution in [3.63, 3.8) is 0 Å². The number of hydrogen-bond acceptors (Lipinski definition) is 2. The highest BCUT2D eigenvalue weighted by Crippen LogP contribution is 2.16. The highest BCUT2D eigenvalue weighted by Gasteiger charge is 2.27. The number of nitrogens with one attached hydrogen (secondary N) is 1. The minimum atomic E-state index is -0.661. The van der Waals surface area contributed by atoms with Crippen LogP contribution in [0.1, 0.15) is 37.5 Å². The third-order valence-electron chi connectivity index (χ3n) is 4.50. The van der Waals surface area contributed by atoms with Crippen LogP contribution in [0, 0.1) is 12.7 Å². The monoisotopic (exact) mass is 370 g/mol. The minimum absolute atomic E-state index is 0.0260. The van der Waals surface area contributed by atoms with Gasteiger partial charge in [-0.1, -0.05) is 42.5 Å². The van der Waals surface area contributed by atoms with Crippen molar-refractivity contribution in [2.45, 2.75) is 52.7 Å². The van der Waals surface area contributed by atoms with Crippen LogP contribution in [0.25, 0.3) is 0 Å². The first-order valence-corrected chi connectivity index (χ1v) is 9.17. The van der Waals surface area contributed by atoms with Crippen molar-refractivity contribution < 1.29 is 14.0 Å². The second kappa shape index (κ2) is 9.31. The number of aryl methyl sites for hydroxylation is 1. The summed E-state index contributed by atoms with van der Waals surface area (Å²) in [6.07, 6.45) is -0.0855. The molecule has 0 heterocycles. The molecular formula is C22H27FN2O2. The molecule has 5 heteroatoms. The molecule has 2 rings (SSSR count). The van der Waals surface area contributed by atoms with Gasteiger partial charge in [0.2, 0.25) is 11.8 Å². The fourth-order valence-electron chi connectivity index (χ4n) is 2.86. The minimum Gasteiger partial charge on any atom is -0.352 e. The number of halogens is 1. The predicted octanol–water partition coefficient (Wildman–Crippen LogP) is 3.62. The molecule has 144 valence electrons. The smallest absolute Gasteiger partial charge is 0.242 e. The molecule has 0 unspecified atom stereocenters. The average Bonchev–Trinajstić information content (AvgIpc) is 2.61. The number of carbonyl (C=O) groups excluding carboxylic acids is 2. The van der Waals surface area contributed by atoms with Crippen molar-refractivity contribution in [3.8, 4) is 0 Å². The quantitative estimate of drug-likeness (QED) is 0.809. The van der Waals surface area contributed by atoms with Gasteiger partial charge in [-0.25, -0.2) is 4.39 Å². The molecule has 2 aromatic rings. The Morgan fingerprint density at radius 1 is 1.00 bits per heavy atom. The Morgan fingerprint density at radius 3 is 2.19 bits per heavy atom. The van der Waals surface area contributed by atoms with E-state index in [1.54, 1.807) is 25.1 Å². The Hall–Kier alpha value is -2.69. The van der Waals surface area contributed by atoms with Gasteiger partial charge in [0, 0.05) is 12.6 Å². The molecule has 0 aliphatic heterocycles. The summed E-state index contributed by atoms with van der Waals surface area (Å²) in [6, 6.07) is 13.3. The van der Waals surface area contributed by atoms with E-state index in [2.05, 4.69) is 5.32 Å². The zero-order valence-corrected chi connectivity index (χ0v) is 16.3. The fraction of sp³-hybridized carbons (Fsp3) is 0.364. The van der Waals surface area contributed by atoms with Crippen LogP contribution in [-0.4, -0.2) is 28.8 Å². The van der Waals surface area contributed by atoms with Crippen molar-refractivity contribution in [2.24, 2.45) is 0 Å². The lowest BCUT2D eigenvalue weighted by atomic mass is 10.1. The highest BCUT2D eigenvalue weighted by atomic mass is 19.1. The van der Waals surface area contributed by atoms with Crippen LogP contribution in [-0.2, 0) is 22.6 Å². The summed E-state index contributed by atoms with van der Waals surface area (Å²) in [5, 5.41) is 2.85. The van der Waals surface area contributed by atoms with Crippen molar-refractivity contribution in [1.29, 1.82) is 0 Å². The zero-order chi connectivity index (χ0) is 20.0. The Bertz CT molecular complexity index is 804. The number of nitrogens with zero attached hydrogens (tertiary/aromatic N) is 1. The van der Waals surface area contributed by atoms with Crippen LogP contribution in [0.2, 0.25) is 0 Å². The summed E-state index contributed by atoms with van der Waals surface area (Å²) >= 11 is 0. The van der Waals surface area contributed by atoms with Crippen LogP contribution in [0.15, 0.2) is 48.5 Å². The lowest BCUT2D eigenvalue weighted by Gasteiger charge is -2.30. The normalized spacial score (nSPS) is 11.9. The van der Waals surface area contributed by atoms with E-state index in [1.807, 2.05) is 45.0 Å². The topological polar surface area (TPSA) is 49.4 Å². The largest absolute Gasteiger partial charge is 0.352 e. The molecule has 0 fully saturated rings. The third kappa shape index (κ3) is 5.64. The number of rotatable bonds is 7. The van der Waals surface area contributed by atoms with Gasteiger partial charge < -0.3 is 10.2 Å². The Kier molecular flexibility index (Phi) is 7.11. The zero-order valence-electron chi connectivity index (χ0n) is 16.3. The summed E-state index contributed by atoms with van der Waals surface area (Å²) in [5.41, 5.74) is 2.33. The van der Waals surface area contributed by atoms with Crippen LogP contribution in [0.3, 0.4) is 0 Å². The number of carbonyl (C=O) groups is 2. The first-order valence-electron chi connectivity index (χ1n) is 9.17. The van der Waals surface area contributed by atoms with E-state index in [0.29, 0.717) is 12.1 Å². The number of benzene rings is 2. The van der Waals surface area contributed by atoms with Crippen LogP contribution < -0.4 is 5.32 Å². The van der Waals surface area contributed by atoms with Gasteiger partial charge in [0.1, 0.15) is 11.9 Å². The second-order valence-electron chi connectivity index (χ2n) is 7.06. The first-order chi connectivity index (χ1) is 12.8. The Labute approximate surface area is 160 Å². The molecule has 0 aliphatic rings. The van der Waals surface area contributed by atoms with E-state index >= 15 is 0 Å². The third-order valence-corrected chi connectivity index (χ3v) is 4.50. The molecule has 0 saturated heterocycles. The molecule has 0 radical (unpaired) electrons. The molecular weight excluding hydrogens is 343 g/mol. The van der Waals surface area contributed by atoms with Gasteiger partial charge >= 0.3 is 0 Å². The molecule has 0 bridgehead atoms. The number of hydrogen-bond donors (Lipinski definition) is 1. The van der Waals surface area contributed by atoms with E-state index in [0.717, 1.165) is 11.1 Å². The Balaban J connectivity index is 2.27. The van der Waals surface area contributed by atoms with Gasteiger partial charge in [0.05, 0.1) is 6.42 Å². The van der Waals surface area contributed by atoms with Gasteiger partial charge in [0.25, 0.3) is 0 Å². The molecule has 4 nitrogen and oxygen atoms in total. The van der Waals surface area contributed by atoms with Crippen LogP contribution in [0.5, 0.6) is 0 Å². The SMILES string of the molecule is Cc1ccccc1CN(C(=O)Cc1ccccc1F)[C@@H](C)C(=O)NC(C)C. The summed E-state index contributed by atoms with van der Waals surface area (Å²) in [5.74, 6) is -0.920. The fourth-order valence-corrected chi connectivity index (χ4v) is 2.86. The molecule has 1 N–H and O–H groups in total. The second-order valence-corrected chi connectivity index (χ2v) is 7.06.